The monoisotopic (exact) mass is 343 g/mol. The number of unbranched alkanes of at least 4 members (excludes halogenated alkanes) is 4. The zero-order valence-electron chi connectivity index (χ0n) is 16.1. The fourth-order valence-corrected chi connectivity index (χ4v) is 3.52. The van der Waals surface area contributed by atoms with Crippen LogP contribution in [0.15, 0.2) is 36.0 Å². The number of amides is 1. The van der Waals surface area contributed by atoms with Crippen LogP contribution in [0.25, 0.3) is 6.08 Å². The minimum atomic E-state index is -0.465. The van der Waals surface area contributed by atoms with Gasteiger partial charge in [-0.25, -0.2) is 4.79 Å². The van der Waals surface area contributed by atoms with Crippen LogP contribution in [0.2, 0.25) is 0 Å². The number of ether oxygens (including phenoxy) is 1. The maximum atomic E-state index is 12.6. The van der Waals surface area contributed by atoms with Crippen molar-refractivity contribution in [1.29, 1.82) is 0 Å². The summed E-state index contributed by atoms with van der Waals surface area (Å²) in [5.74, 6) is 0. The molecule has 1 aliphatic heterocycles. The van der Waals surface area contributed by atoms with Crippen molar-refractivity contribution < 1.29 is 9.53 Å². The first-order chi connectivity index (χ1) is 12.2. The molecule has 1 fully saturated rings. The van der Waals surface area contributed by atoms with Crippen molar-refractivity contribution in [3.8, 4) is 0 Å². The fraction of sp³-hybridized carbons (Fsp3) is 0.591. The van der Waals surface area contributed by atoms with Crippen molar-refractivity contribution in [3.63, 3.8) is 0 Å². The topological polar surface area (TPSA) is 29.5 Å². The van der Waals surface area contributed by atoms with E-state index in [9.17, 15) is 4.79 Å². The number of carbonyl (C=O) groups is 1. The molecule has 1 aromatic rings. The number of nitrogens with zero attached hydrogens (tertiary/aromatic N) is 1. The molecule has 1 amide bonds. The van der Waals surface area contributed by atoms with Gasteiger partial charge in [0.25, 0.3) is 0 Å². The quantitative estimate of drug-likeness (QED) is 0.460. The van der Waals surface area contributed by atoms with Crippen LogP contribution in [0.3, 0.4) is 0 Å². The second-order valence-electron chi connectivity index (χ2n) is 6.97. The van der Waals surface area contributed by atoms with Crippen LogP contribution >= 0.6 is 0 Å². The molecule has 1 aliphatic rings. The van der Waals surface area contributed by atoms with E-state index in [4.69, 9.17) is 4.74 Å². The standard InChI is InChI=1S/C22H33NO2/c1-4-7-9-13-17-23-20(18-19-14-11-10-12-15-19)22(6-3,16-8-5-2)25-21(23)24/h10-12,14-15,18H,4-9,13,16-17H2,1-3H3/b20-18-. The van der Waals surface area contributed by atoms with E-state index in [0.29, 0.717) is 0 Å². The first kappa shape index (κ1) is 19.6. The highest BCUT2D eigenvalue weighted by molar-refractivity contribution is 5.78. The molecule has 0 radical (unpaired) electrons. The van der Waals surface area contributed by atoms with Crippen LogP contribution in [0.1, 0.15) is 77.7 Å². The molecule has 0 aromatic heterocycles. The van der Waals surface area contributed by atoms with Crippen molar-refractivity contribution in [2.75, 3.05) is 6.54 Å². The Morgan fingerprint density at radius 1 is 1.00 bits per heavy atom. The molecule has 2 rings (SSSR count). The van der Waals surface area contributed by atoms with Crippen molar-refractivity contribution in [2.24, 2.45) is 0 Å². The Kier molecular flexibility index (Phi) is 7.54. The van der Waals surface area contributed by atoms with Crippen molar-refractivity contribution >= 4 is 12.2 Å². The Labute approximate surface area is 153 Å². The van der Waals surface area contributed by atoms with Crippen LogP contribution in [-0.2, 0) is 4.74 Å². The molecule has 3 heteroatoms. The van der Waals surface area contributed by atoms with E-state index in [2.05, 4.69) is 39.0 Å². The molecule has 1 unspecified atom stereocenters. The van der Waals surface area contributed by atoms with Crippen LogP contribution < -0.4 is 0 Å². The van der Waals surface area contributed by atoms with E-state index in [1.165, 1.54) is 12.8 Å². The minimum Gasteiger partial charge on any atom is -0.436 e. The summed E-state index contributed by atoms with van der Waals surface area (Å²) >= 11 is 0. The van der Waals surface area contributed by atoms with Gasteiger partial charge >= 0.3 is 6.09 Å². The van der Waals surface area contributed by atoms with Gasteiger partial charge < -0.3 is 4.74 Å². The zero-order valence-corrected chi connectivity index (χ0v) is 16.1. The number of benzene rings is 1. The van der Waals surface area contributed by atoms with E-state index < -0.39 is 5.60 Å². The Morgan fingerprint density at radius 3 is 2.36 bits per heavy atom. The number of hydrogen-bond donors (Lipinski definition) is 0. The summed E-state index contributed by atoms with van der Waals surface area (Å²) in [5.41, 5.74) is 1.72. The highest BCUT2D eigenvalue weighted by Crippen LogP contribution is 2.41. The lowest BCUT2D eigenvalue weighted by atomic mass is 9.89. The summed E-state index contributed by atoms with van der Waals surface area (Å²) < 4.78 is 5.97. The molecule has 1 saturated heterocycles. The zero-order chi connectivity index (χ0) is 18.1. The molecule has 0 aliphatic carbocycles. The van der Waals surface area contributed by atoms with Crippen molar-refractivity contribution in [1.82, 2.24) is 4.90 Å². The Morgan fingerprint density at radius 2 is 1.72 bits per heavy atom. The van der Waals surface area contributed by atoms with Crippen molar-refractivity contribution in [2.45, 2.75) is 77.7 Å². The molecule has 138 valence electrons. The van der Waals surface area contributed by atoms with E-state index >= 15 is 0 Å². The molecule has 1 atom stereocenters. The van der Waals surface area contributed by atoms with Gasteiger partial charge in [0.1, 0.15) is 0 Å². The van der Waals surface area contributed by atoms with Crippen LogP contribution in [0, 0.1) is 0 Å². The average molecular weight is 344 g/mol. The predicted octanol–water partition coefficient (Wildman–Crippen LogP) is 6.40. The van der Waals surface area contributed by atoms with E-state index in [0.717, 1.165) is 56.3 Å². The summed E-state index contributed by atoms with van der Waals surface area (Å²) in [5, 5.41) is 0. The summed E-state index contributed by atoms with van der Waals surface area (Å²) in [7, 11) is 0. The molecule has 0 saturated carbocycles. The molecule has 1 heterocycles. The lowest BCUT2D eigenvalue weighted by Crippen LogP contribution is -2.32. The SMILES string of the molecule is CCCCCCN1C(=O)OC(CC)(CCCC)/C1=C/c1ccccc1. The van der Waals surface area contributed by atoms with Gasteiger partial charge in [-0.1, -0.05) is 76.8 Å². The van der Waals surface area contributed by atoms with Gasteiger partial charge in [-0.2, -0.15) is 0 Å². The summed E-state index contributed by atoms with van der Waals surface area (Å²) in [6, 6.07) is 10.3. The number of carbonyl (C=O) groups excluding carboxylic acids is 1. The van der Waals surface area contributed by atoms with Gasteiger partial charge in [0.15, 0.2) is 5.60 Å². The largest absolute Gasteiger partial charge is 0.436 e. The third-order valence-corrected chi connectivity index (χ3v) is 5.10. The highest BCUT2D eigenvalue weighted by Gasteiger charge is 2.47. The number of hydrogen-bond acceptors (Lipinski definition) is 2. The van der Waals surface area contributed by atoms with Gasteiger partial charge in [0, 0.05) is 6.54 Å². The van der Waals surface area contributed by atoms with E-state index in [1.54, 1.807) is 0 Å². The second kappa shape index (κ2) is 9.65. The Bertz CT molecular complexity index is 567. The number of rotatable bonds is 10. The highest BCUT2D eigenvalue weighted by atomic mass is 16.6. The minimum absolute atomic E-state index is 0.170. The molecule has 0 bridgehead atoms. The smallest absolute Gasteiger partial charge is 0.415 e. The third-order valence-electron chi connectivity index (χ3n) is 5.10. The Balaban J connectivity index is 2.30. The lowest BCUT2D eigenvalue weighted by Gasteiger charge is -2.28. The van der Waals surface area contributed by atoms with Gasteiger partial charge in [-0.05, 0) is 37.3 Å². The molecule has 3 nitrogen and oxygen atoms in total. The van der Waals surface area contributed by atoms with Gasteiger partial charge in [0.2, 0.25) is 0 Å². The molecule has 0 spiro atoms. The molecular weight excluding hydrogens is 310 g/mol. The van der Waals surface area contributed by atoms with Gasteiger partial charge in [0.05, 0.1) is 5.70 Å². The maximum Gasteiger partial charge on any atom is 0.415 e. The predicted molar refractivity (Wildman–Crippen MR) is 104 cm³/mol. The van der Waals surface area contributed by atoms with Crippen LogP contribution in [0.4, 0.5) is 4.79 Å². The van der Waals surface area contributed by atoms with Crippen LogP contribution in [0.5, 0.6) is 0 Å². The average Bonchev–Trinajstić information content (AvgIpc) is 2.90. The first-order valence-electron chi connectivity index (χ1n) is 9.94. The van der Waals surface area contributed by atoms with Gasteiger partial charge in [-0.15, -0.1) is 0 Å². The molecular formula is C22H33NO2. The number of cyclic esters (lactones) is 1. The second-order valence-corrected chi connectivity index (χ2v) is 6.97. The van der Waals surface area contributed by atoms with Gasteiger partial charge in [-0.3, -0.25) is 4.90 Å². The Hall–Kier alpha value is -1.77. The summed E-state index contributed by atoms with van der Waals surface area (Å²) in [6.45, 7) is 7.27. The van der Waals surface area contributed by atoms with Crippen molar-refractivity contribution in [3.05, 3.63) is 41.6 Å². The normalized spacial score (nSPS) is 21.8. The third kappa shape index (κ3) is 4.87. The lowest BCUT2D eigenvalue weighted by molar-refractivity contribution is 0.0576. The summed E-state index contributed by atoms with van der Waals surface area (Å²) in [6.07, 6.45) is 10.5. The summed E-state index contributed by atoms with van der Waals surface area (Å²) in [4.78, 5) is 14.5. The molecule has 0 N–H and O–H groups in total. The van der Waals surface area contributed by atoms with Crippen LogP contribution in [-0.4, -0.2) is 23.1 Å². The van der Waals surface area contributed by atoms with E-state index in [-0.39, 0.29) is 6.09 Å². The maximum absolute atomic E-state index is 12.6. The fourth-order valence-electron chi connectivity index (χ4n) is 3.52. The van der Waals surface area contributed by atoms with E-state index in [1.807, 2.05) is 23.1 Å². The first-order valence-corrected chi connectivity index (χ1v) is 9.94. The molecule has 25 heavy (non-hydrogen) atoms. The molecule has 1 aromatic carbocycles.